The van der Waals surface area contributed by atoms with Crippen molar-refractivity contribution in [3.8, 4) is 11.5 Å². The van der Waals surface area contributed by atoms with Crippen LogP contribution in [0.1, 0.15) is 16.1 Å². The zero-order chi connectivity index (χ0) is 13.2. The summed E-state index contributed by atoms with van der Waals surface area (Å²) in [5.74, 6) is 0.959. The van der Waals surface area contributed by atoms with Gasteiger partial charge in [0.25, 0.3) is 0 Å². The van der Waals surface area contributed by atoms with Gasteiger partial charge in [-0.05, 0) is 18.2 Å². The Balaban J connectivity index is 1.67. The number of rotatable bonds is 4. The van der Waals surface area contributed by atoms with Gasteiger partial charge < -0.3 is 24.3 Å². The average Bonchev–Trinajstić information content (AvgIpc) is 3.04. The fraction of sp³-hybridized carbons (Fsp3) is 0.154. The summed E-state index contributed by atoms with van der Waals surface area (Å²) >= 11 is 0. The number of furan rings is 1. The number of carboxylic acid groups (broad SMARTS) is 1. The molecule has 2 N–H and O–H groups in total. The highest BCUT2D eigenvalue weighted by Crippen LogP contribution is 2.34. The van der Waals surface area contributed by atoms with E-state index in [4.69, 9.17) is 19.0 Å². The molecule has 0 spiro atoms. The lowest BCUT2D eigenvalue weighted by molar-refractivity contribution is 0.0696. The quantitative estimate of drug-likeness (QED) is 0.879. The van der Waals surface area contributed by atoms with Crippen LogP contribution in [0.4, 0.5) is 5.69 Å². The first-order valence-corrected chi connectivity index (χ1v) is 5.66. The van der Waals surface area contributed by atoms with Crippen LogP contribution < -0.4 is 14.8 Å². The molecular formula is C13H11NO5. The Morgan fingerprint density at radius 2 is 2.11 bits per heavy atom. The monoisotopic (exact) mass is 261 g/mol. The molecule has 2 aromatic rings. The van der Waals surface area contributed by atoms with E-state index in [-0.39, 0.29) is 12.4 Å². The molecular weight excluding hydrogens is 250 g/mol. The molecule has 1 aromatic carbocycles. The predicted octanol–water partition coefficient (Wildman–Crippen LogP) is 2.32. The summed E-state index contributed by atoms with van der Waals surface area (Å²) in [7, 11) is 0. The Labute approximate surface area is 108 Å². The molecule has 0 unspecified atom stereocenters. The van der Waals surface area contributed by atoms with E-state index in [1.54, 1.807) is 0 Å². The average molecular weight is 261 g/mol. The lowest BCUT2D eigenvalue weighted by atomic mass is 10.2. The number of nitrogens with one attached hydrogen (secondary N) is 1. The molecule has 0 bridgehead atoms. The van der Waals surface area contributed by atoms with Crippen molar-refractivity contribution in [1.29, 1.82) is 0 Å². The van der Waals surface area contributed by atoms with Crippen LogP contribution in [0.25, 0.3) is 0 Å². The molecule has 1 aliphatic rings. The maximum absolute atomic E-state index is 10.7. The molecule has 1 aliphatic heterocycles. The van der Waals surface area contributed by atoms with Crippen LogP contribution in [-0.2, 0) is 6.54 Å². The van der Waals surface area contributed by atoms with Crippen molar-refractivity contribution < 1.29 is 23.8 Å². The molecule has 0 atom stereocenters. The number of carbonyl (C=O) groups is 1. The second-order valence-electron chi connectivity index (χ2n) is 4.03. The minimum Gasteiger partial charge on any atom is -0.478 e. The largest absolute Gasteiger partial charge is 0.478 e. The Morgan fingerprint density at radius 1 is 1.26 bits per heavy atom. The Bertz CT molecular complexity index is 619. The third kappa shape index (κ3) is 2.33. The molecule has 0 radical (unpaired) electrons. The SMILES string of the molecule is O=C(O)c1coc(CNc2ccc3c(c2)OCO3)c1. The van der Waals surface area contributed by atoms with Gasteiger partial charge in [0.2, 0.25) is 6.79 Å². The van der Waals surface area contributed by atoms with Gasteiger partial charge in [-0.2, -0.15) is 0 Å². The summed E-state index contributed by atoms with van der Waals surface area (Å²) in [5, 5.41) is 11.9. The van der Waals surface area contributed by atoms with Crippen LogP contribution in [0.3, 0.4) is 0 Å². The zero-order valence-electron chi connectivity index (χ0n) is 9.88. The van der Waals surface area contributed by atoms with E-state index in [0.29, 0.717) is 18.1 Å². The Hall–Kier alpha value is -2.63. The van der Waals surface area contributed by atoms with E-state index < -0.39 is 5.97 Å². The first-order chi connectivity index (χ1) is 9.22. The molecule has 0 saturated carbocycles. The van der Waals surface area contributed by atoms with Crippen LogP contribution >= 0.6 is 0 Å². The van der Waals surface area contributed by atoms with Crippen molar-refractivity contribution in [2.75, 3.05) is 12.1 Å². The Morgan fingerprint density at radius 3 is 2.89 bits per heavy atom. The minimum atomic E-state index is -1.00. The van der Waals surface area contributed by atoms with Gasteiger partial charge in [-0.1, -0.05) is 0 Å². The smallest absolute Gasteiger partial charge is 0.338 e. The van der Waals surface area contributed by atoms with Crippen LogP contribution in [-0.4, -0.2) is 17.9 Å². The molecule has 98 valence electrons. The molecule has 6 nitrogen and oxygen atoms in total. The number of ether oxygens (including phenoxy) is 2. The Kier molecular flexibility index (Phi) is 2.75. The molecule has 0 fully saturated rings. The predicted molar refractivity (Wildman–Crippen MR) is 65.6 cm³/mol. The van der Waals surface area contributed by atoms with Gasteiger partial charge in [0.1, 0.15) is 12.0 Å². The van der Waals surface area contributed by atoms with E-state index in [0.717, 1.165) is 11.4 Å². The zero-order valence-corrected chi connectivity index (χ0v) is 9.88. The third-order valence-corrected chi connectivity index (χ3v) is 2.74. The highest BCUT2D eigenvalue weighted by molar-refractivity contribution is 5.87. The lowest BCUT2D eigenvalue weighted by Crippen LogP contribution is -1.98. The minimum absolute atomic E-state index is 0.141. The summed E-state index contributed by atoms with van der Waals surface area (Å²) in [4.78, 5) is 10.7. The van der Waals surface area contributed by atoms with Crippen molar-refractivity contribution in [2.24, 2.45) is 0 Å². The number of fused-ring (bicyclic) bond motifs is 1. The van der Waals surface area contributed by atoms with Crippen molar-refractivity contribution in [1.82, 2.24) is 0 Å². The first-order valence-electron chi connectivity index (χ1n) is 5.66. The molecule has 1 aromatic heterocycles. The van der Waals surface area contributed by atoms with Crippen molar-refractivity contribution in [2.45, 2.75) is 6.54 Å². The number of carboxylic acids is 1. The number of benzene rings is 1. The molecule has 3 rings (SSSR count). The van der Waals surface area contributed by atoms with Gasteiger partial charge in [-0.25, -0.2) is 4.79 Å². The van der Waals surface area contributed by atoms with Crippen LogP contribution in [0.2, 0.25) is 0 Å². The highest BCUT2D eigenvalue weighted by Gasteiger charge is 2.13. The number of anilines is 1. The van der Waals surface area contributed by atoms with Crippen LogP contribution in [0.5, 0.6) is 11.5 Å². The summed E-state index contributed by atoms with van der Waals surface area (Å²) < 4.78 is 15.6. The normalized spacial score (nSPS) is 12.4. The summed E-state index contributed by atoms with van der Waals surface area (Å²) in [6.07, 6.45) is 1.22. The molecule has 0 amide bonds. The summed E-state index contributed by atoms with van der Waals surface area (Å²) in [5.41, 5.74) is 0.986. The molecule has 6 heteroatoms. The number of aromatic carboxylic acids is 1. The van der Waals surface area contributed by atoms with E-state index in [9.17, 15) is 4.79 Å². The van der Waals surface area contributed by atoms with Gasteiger partial charge in [0.05, 0.1) is 12.1 Å². The topological polar surface area (TPSA) is 80.9 Å². The summed E-state index contributed by atoms with van der Waals surface area (Å²) in [6, 6.07) is 6.98. The van der Waals surface area contributed by atoms with E-state index in [1.807, 2.05) is 18.2 Å². The fourth-order valence-corrected chi connectivity index (χ4v) is 1.78. The van der Waals surface area contributed by atoms with Crippen molar-refractivity contribution in [3.63, 3.8) is 0 Å². The number of hydrogen-bond donors (Lipinski definition) is 2. The molecule has 19 heavy (non-hydrogen) atoms. The van der Waals surface area contributed by atoms with E-state index in [1.165, 1.54) is 12.3 Å². The molecule has 0 aliphatic carbocycles. The standard InChI is InChI=1S/C13H11NO5/c15-13(16)8-3-10(17-6-8)5-14-9-1-2-11-12(4-9)19-7-18-11/h1-4,6,14H,5,7H2,(H,15,16). The lowest BCUT2D eigenvalue weighted by Gasteiger charge is -2.05. The second kappa shape index (κ2) is 4.56. The van der Waals surface area contributed by atoms with Crippen molar-refractivity contribution >= 4 is 11.7 Å². The van der Waals surface area contributed by atoms with Gasteiger partial charge in [-0.3, -0.25) is 0 Å². The fourth-order valence-electron chi connectivity index (χ4n) is 1.78. The van der Waals surface area contributed by atoms with E-state index in [2.05, 4.69) is 5.32 Å². The van der Waals surface area contributed by atoms with Crippen LogP contribution in [0.15, 0.2) is 34.9 Å². The number of hydrogen-bond acceptors (Lipinski definition) is 5. The van der Waals surface area contributed by atoms with E-state index >= 15 is 0 Å². The van der Waals surface area contributed by atoms with Crippen LogP contribution in [0, 0.1) is 0 Å². The van der Waals surface area contributed by atoms with Crippen molar-refractivity contribution in [3.05, 3.63) is 41.9 Å². The maximum atomic E-state index is 10.7. The second-order valence-corrected chi connectivity index (χ2v) is 4.03. The first kappa shape index (κ1) is 11.5. The summed E-state index contributed by atoms with van der Waals surface area (Å²) in [6.45, 7) is 0.631. The molecule has 0 saturated heterocycles. The van der Waals surface area contributed by atoms with Gasteiger partial charge in [0, 0.05) is 11.8 Å². The highest BCUT2D eigenvalue weighted by atomic mass is 16.7. The van der Waals surface area contributed by atoms with Gasteiger partial charge in [0.15, 0.2) is 11.5 Å². The van der Waals surface area contributed by atoms with Gasteiger partial charge in [-0.15, -0.1) is 0 Å². The van der Waals surface area contributed by atoms with Gasteiger partial charge >= 0.3 is 5.97 Å². The maximum Gasteiger partial charge on any atom is 0.338 e. The molecule has 2 heterocycles. The third-order valence-electron chi connectivity index (χ3n) is 2.74.